The van der Waals surface area contributed by atoms with E-state index in [-0.39, 0.29) is 5.41 Å². The van der Waals surface area contributed by atoms with Crippen LogP contribution in [0, 0.1) is 16.7 Å². The van der Waals surface area contributed by atoms with Crippen LogP contribution in [0.2, 0.25) is 0 Å². The summed E-state index contributed by atoms with van der Waals surface area (Å²) in [6, 6.07) is 3.82. The number of nitriles is 1. The van der Waals surface area contributed by atoms with Crippen LogP contribution < -0.4 is 5.73 Å². The molecule has 0 spiro atoms. The number of rotatable bonds is 0. The molecular weight excluding hydrogens is 234 g/mol. The summed E-state index contributed by atoms with van der Waals surface area (Å²) in [7, 11) is 0. The number of nitrogens with two attached hydrogens (primary N) is 1. The highest BCUT2D eigenvalue weighted by molar-refractivity contribution is 5.70. The predicted octanol–water partition coefficient (Wildman–Crippen LogP) is 4.02. The number of anilines is 1. The zero-order valence-corrected chi connectivity index (χ0v) is 12.1. The van der Waals surface area contributed by atoms with Crippen molar-refractivity contribution in [2.24, 2.45) is 5.41 Å². The fraction of sp³-hybridized carbons (Fsp3) is 0.375. The summed E-state index contributed by atoms with van der Waals surface area (Å²) in [5.41, 5.74) is 7.87. The summed E-state index contributed by atoms with van der Waals surface area (Å²) in [4.78, 5) is 4.23. The molecular formula is C16H21N3. The Labute approximate surface area is 115 Å². The van der Waals surface area contributed by atoms with Gasteiger partial charge in [0.05, 0.1) is 11.3 Å². The van der Waals surface area contributed by atoms with Crippen molar-refractivity contribution in [2.75, 3.05) is 5.73 Å². The highest BCUT2D eigenvalue weighted by Gasteiger charge is 2.14. The minimum absolute atomic E-state index is 0.00225. The topological polar surface area (TPSA) is 62.7 Å². The van der Waals surface area contributed by atoms with Gasteiger partial charge in [-0.15, -0.1) is 0 Å². The van der Waals surface area contributed by atoms with E-state index in [1.807, 2.05) is 18.2 Å². The van der Waals surface area contributed by atoms with E-state index in [1.165, 1.54) is 6.42 Å². The molecule has 19 heavy (non-hydrogen) atoms. The second-order valence-electron chi connectivity index (χ2n) is 5.20. The van der Waals surface area contributed by atoms with Gasteiger partial charge in [0.25, 0.3) is 0 Å². The van der Waals surface area contributed by atoms with E-state index in [0.29, 0.717) is 11.4 Å². The lowest BCUT2D eigenvalue weighted by Gasteiger charge is -2.11. The van der Waals surface area contributed by atoms with Crippen molar-refractivity contribution >= 4 is 18.0 Å². The van der Waals surface area contributed by atoms with Gasteiger partial charge in [0.1, 0.15) is 11.9 Å². The van der Waals surface area contributed by atoms with Gasteiger partial charge in [-0.1, -0.05) is 52.3 Å². The summed E-state index contributed by atoms with van der Waals surface area (Å²) in [6.07, 6.45) is 9.36. The normalized spacial score (nSPS) is 14.7. The van der Waals surface area contributed by atoms with Gasteiger partial charge in [0, 0.05) is 11.0 Å². The van der Waals surface area contributed by atoms with Gasteiger partial charge in [-0.2, -0.15) is 5.26 Å². The van der Waals surface area contributed by atoms with Crippen molar-refractivity contribution in [1.29, 1.82) is 5.26 Å². The molecule has 0 amide bonds. The summed E-state index contributed by atoms with van der Waals surface area (Å²) >= 11 is 0. The highest BCUT2D eigenvalue weighted by atomic mass is 14.8. The van der Waals surface area contributed by atoms with Gasteiger partial charge in [-0.25, -0.2) is 4.98 Å². The fourth-order valence-corrected chi connectivity index (χ4v) is 1.57. The minimum Gasteiger partial charge on any atom is -0.383 e. The standard InChI is InChI=1S/C13H13N3.C3H8/c1-13(2)5-3-9-7-10(8-14)12(15)16-11(9)4-6-13;1-3-2/h3-7H,1-2H3,(H2,15,16);3H2,1-2H3. The van der Waals surface area contributed by atoms with Crippen molar-refractivity contribution in [1.82, 2.24) is 4.98 Å². The largest absolute Gasteiger partial charge is 0.383 e. The molecule has 0 atom stereocenters. The minimum atomic E-state index is 0.00225. The van der Waals surface area contributed by atoms with Crippen molar-refractivity contribution in [3.05, 3.63) is 35.0 Å². The van der Waals surface area contributed by atoms with Crippen LogP contribution in [0.4, 0.5) is 5.82 Å². The Kier molecular flexibility index (Phi) is 4.88. The maximum absolute atomic E-state index is 8.88. The Morgan fingerprint density at radius 2 is 1.84 bits per heavy atom. The van der Waals surface area contributed by atoms with Gasteiger partial charge in [-0.3, -0.25) is 0 Å². The lowest BCUT2D eigenvalue weighted by Crippen LogP contribution is -2.00. The van der Waals surface area contributed by atoms with Crippen LogP contribution in [0.1, 0.15) is 50.9 Å². The van der Waals surface area contributed by atoms with Crippen LogP contribution in [-0.4, -0.2) is 4.98 Å². The van der Waals surface area contributed by atoms with E-state index in [9.17, 15) is 0 Å². The molecule has 1 aromatic heterocycles. The van der Waals surface area contributed by atoms with Gasteiger partial charge in [0.2, 0.25) is 0 Å². The maximum atomic E-state index is 8.88. The number of hydrogen-bond acceptors (Lipinski definition) is 3. The number of pyridine rings is 1. The molecule has 1 aromatic rings. The number of nitrogen functional groups attached to an aromatic ring is 1. The van der Waals surface area contributed by atoms with E-state index in [2.05, 4.69) is 44.8 Å². The first-order valence-electron chi connectivity index (χ1n) is 6.52. The summed E-state index contributed by atoms with van der Waals surface area (Å²) in [5, 5.41) is 8.88. The monoisotopic (exact) mass is 255 g/mol. The number of nitrogens with zero attached hydrogens (tertiary/aromatic N) is 2. The van der Waals surface area contributed by atoms with E-state index in [4.69, 9.17) is 11.0 Å². The number of hydrogen-bond donors (Lipinski definition) is 1. The molecule has 1 heterocycles. The van der Waals surface area contributed by atoms with Crippen LogP contribution in [0.5, 0.6) is 0 Å². The quantitative estimate of drug-likeness (QED) is 0.761. The second-order valence-corrected chi connectivity index (χ2v) is 5.20. The van der Waals surface area contributed by atoms with Crippen LogP contribution in [0.15, 0.2) is 18.2 Å². The van der Waals surface area contributed by atoms with E-state index in [1.54, 1.807) is 6.07 Å². The van der Waals surface area contributed by atoms with Crippen LogP contribution >= 0.6 is 0 Å². The average Bonchev–Trinajstić information content (AvgIpc) is 2.49. The van der Waals surface area contributed by atoms with Crippen molar-refractivity contribution in [3.63, 3.8) is 0 Å². The molecule has 2 rings (SSSR count). The van der Waals surface area contributed by atoms with Gasteiger partial charge in [-0.05, 0) is 12.1 Å². The summed E-state index contributed by atoms with van der Waals surface area (Å²) in [5.74, 6) is 0.291. The molecule has 0 aliphatic heterocycles. The Balaban J connectivity index is 0.000000550. The van der Waals surface area contributed by atoms with E-state index >= 15 is 0 Å². The van der Waals surface area contributed by atoms with Gasteiger partial charge in [0.15, 0.2) is 0 Å². The number of fused-ring (bicyclic) bond motifs is 1. The Morgan fingerprint density at radius 3 is 2.42 bits per heavy atom. The first kappa shape index (κ1) is 15.0. The summed E-state index contributed by atoms with van der Waals surface area (Å²) in [6.45, 7) is 8.47. The first-order chi connectivity index (χ1) is 8.93. The zero-order chi connectivity index (χ0) is 14.5. The lowest BCUT2D eigenvalue weighted by molar-refractivity contribution is 0.633. The third-order valence-electron chi connectivity index (χ3n) is 2.60. The molecule has 0 saturated heterocycles. The molecule has 2 N–H and O–H groups in total. The van der Waals surface area contributed by atoms with Crippen LogP contribution in [0.3, 0.4) is 0 Å². The zero-order valence-electron chi connectivity index (χ0n) is 12.1. The maximum Gasteiger partial charge on any atom is 0.142 e. The average molecular weight is 255 g/mol. The molecule has 0 aromatic carbocycles. The molecule has 0 unspecified atom stereocenters. The van der Waals surface area contributed by atoms with E-state index < -0.39 is 0 Å². The first-order valence-corrected chi connectivity index (χ1v) is 6.52. The van der Waals surface area contributed by atoms with Crippen LogP contribution in [0.25, 0.3) is 12.2 Å². The molecule has 0 bridgehead atoms. The molecule has 0 radical (unpaired) electrons. The molecule has 3 nitrogen and oxygen atoms in total. The Bertz CT molecular complexity index is 546. The second kappa shape index (κ2) is 6.19. The molecule has 1 aliphatic carbocycles. The van der Waals surface area contributed by atoms with Crippen molar-refractivity contribution < 1.29 is 0 Å². The molecule has 1 aliphatic rings. The molecule has 0 fully saturated rings. The smallest absolute Gasteiger partial charge is 0.142 e. The van der Waals surface area contributed by atoms with Crippen molar-refractivity contribution in [3.8, 4) is 6.07 Å². The SMILES string of the molecule is CC1(C)C=Cc2cc(C#N)c(N)nc2C=C1.CCC. The lowest BCUT2D eigenvalue weighted by atomic mass is 9.93. The van der Waals surface area contributed by atoms with Gasteiger partial charge < -0.3 is 5.73 Å². The van der Waals surface area contributed by atoms with Crippen LogP contribution in [-0.2, 0) is 0 Å². The predicted molar refractivity (Wildman–Crippen MR) is 81.2 cm³/mol. The summed E-state index contributed by atoms with van der Waals surface area (Å²) < 4.78 is 0. The molecule has 0 saturated carbocycles. The van der Waals surface area contributed by atoms with Crippen molar-refractivity contribution in [2.45, 2.75) is 34.1 Å². The third kappa shape index (κ3) is 3.96. The number of allylic oxidation sites excluding steroid dienone is 2. The molecule has 100 valence electrons. The Morgan fingerprint density at radius 1 is 1.26 bits per heavy atom. The Hall–Kier alpha value is -2.08. The third-order valence-corrected chi connectivity index (χ3v) is 2.60. The highest BCUT2D eigenvalue weighted by Crippen LogP contribution is 2.28. The molecule has 3 heteroatoms. The fourth-order valence-electron chi connectivity index (χ4n) is 1.57. The number of aromatic nitrogens is 1. The van der Waals surface area contributed by atoms with E-state index in [0.717, 1.165) is 11.3 Å². The van der Waals surface area contributed by atoms with Gasteiger partial charge >= 0.3 is 0 Å².